The van der Waals surface area contributed by atoms with Gasteiger partial charge in [0.2, 0.25) is 5.91 Å². The number of hydrogen-bond acceptors (Lipinski definition) is 3. The third-order valence-corrected chi connectivity index (χ3v) is 3.15. The molecule has 1 amide bonds. The summed E-state index contributed by atoms with van der Waals surface area (Å²) in [4.78, 5) is 13.6. The van der Waals surface area contributed by atoms with Gasteiger partial charge in [-0.15, -0.1) is 0 Å². The molecule has 0 radical (unpaired) electrons. The zero-order valence-electron chi connectivity index (χ0n) is 9.86. The summed E-state index contributed by atoms with van der Waals surface area (Å²) in [6.45, 7) is 5.42. The number of aliphatic hydroxyl groups excluding tert-OH is 1. The molecule has 0 bridgehead atoms. The Morgan fingerprint density at radius 1 is 1.60 bits per heavy atom. The van der Waals surface area contributed by atoms with E-state index in [1.54, 1.807) is 0 Å². The second-order valence-electron chi connectivity index (χ2n) is 4.50. The number of amides is 1. The van der Waals surface area contributed by atoms with Crippen LogP contribution in [0.4, 0.5) is 0 Å². The molecule has 0 heterocycles. The molecule has 88 valence electrons. The van der Waals surface area contributed by atoms with E-state index in [1.807, 2.05) is 20.9 Å². The third kappa shape index (κ3) is 3.47. The quantitative estimate of drug-likeness (QED) is 0.688. The van der Waals surface area contributed by atoms with Crippen LogP contribution in [0.25, 0.3) is 0 Å². The van der Waals surface area contributed by atoms with Crippen molar-refractivity contribution in [1.29, 1.82) is 0 Å². The fourth-order valence-electron chi connectivity index (χ4n) is 1.94. The van der Waals surface area contributed by atoms with E-state index in [0.717, 1.165) is 19.4 Å². The topological polar surface area (TPSA) is 52.6 Å². The van der Waals surface area contributed by atoms with Crippen molar-refractivity contribution < 1.29 is 9.90 Å². The first-order valence-electron chi connectivity index (χ1n) is 5.70. The van der Waals surface area contributed by atoms with Crippen LogP contribution in [0.5, 0.6) is 0 Å². The van der Waals surface area contributed by atoms with E-state index in [2.05, 4.69) is 10.2 Å². The van der Waals surface area contributed by atoms with Crippen molar-refractivity contribution in [3.8, 4) is 0 Å². The molecule has 1 atom stereocenters. The molecule has 15 heavy (non-hydrogen) atoms. The van der Waals surface area contributed by atoms with Crippen LogP contribution in [0, 0.1) is 5.92 Å². The second kappa shape index (κ2) is 5.47. The minimum absolute atomic E-state index is 0.0808. The molecular formula is C11H22N2O2. The average molecular weight is 214 g/mol. The van der Waals surface area contributed by atoms with Gasteiger partial charge in [-0.2, -0.15) is 0 Å². The molecule has 0 aromatic carbocycles. The summed E-state index contributed by atoms with van der Waals surface area (Å²) in [6.07, 6.45) is 1.65. The zero-order valence-corrected chi connectivity index (χ0v) is 9.86. The second-order valence-corrected chi connectivity index (χ2v) is 4.50. The van der Waals surface area contributed by atoms with Crippen molar-refractivity contribution in [3.05, 3.63) is 0 Å². The van der Waals surface area contributed by atoms with Gasteiger partial charge in [0, 0.05) is 13.1 Å². The maximum absolute atomic E-state index is 11.5. The maximum Gasteiger partial charge on any atom is 0.237 e. The lowest BCUT2D eigenvalue weighted by Gasteiger charge is -2.36. The van der Waals surface area contributed by atoms with Gasteiger partial charge in [0.05, 0.1) is 12.1 Å². The highest BCUT2D eigenvalue weighted by atomic mass is 16.3. The highest BCUT2D eigenvalue weighted by Crippen LogP contribution is 2.27. The molecular weight excluding hydrogens is 192 g/mol. The minimum atomic E-state index is -0.108. The summed E-state index contributed by atoms with van der Waals surface area (Å²) in [5.74, 6) is 0.641. The number of rotatable bonds is 5. The lowest BCUT2D eigenvalue weighted by molar-refractivity contribution is -0.125. The largest absolute Gasteiger partial charge is 0.393 e. The molecule has 2 N–H and O–H groups in total. The molecule has 0 spiro atoms. The lowest BCUT2D eigenvalue weighted by atomic mass is 9.82. The van der Waals surface area contributed by atoms with Crippen molar-refractivity contribution in [2.45, 2.75) is 38.8 Å². The van der Waals surface area contributed by atoms with Crippen molar-refractivity contribution in [2.24, 2.45) is 5.92 Å². The predicted molar refractivity (Wildman–Crippen MR) is 59.5 cm³/mol. The normalized spacial score (nSPS) is 27.3. The van der Waals surface area contributed by atoms with Crippen LogP contribution in [0.1, 0.15) is 26.7 Å². The number of hydrogen-bond donors (Lipinski definition) is 2. The van der Waals surface area contributed by atoms with Crippen LogP contribution in [-0.4, -0.2) is 48.2 Å². The summed E-state index contributed by atoms with van der Waals surface area (Å²) < 4.78 is 0. The number of carbonyl (C=O) groups is 1. The number of nitrogens with zero attached hydrogens (tertiary/aromatic N) is 1. The lowest BCUT2D eigenvalue weighted by Crippen LogP contribution is -2.47. The van der Waals surface area contributed by atoms with Gasteiger partial charge >= 0.3 is 0 Å². The minimum Gasteiger partial charge on any atom is -0.393 e. The van der Waals surface area contributed by atoms with E-state index < -0.39 is 0 Å². The Morgan fingerprint density at radius 2 is 2.20 bits per heavy atom. The van der Waals surface area contributed by atoms with Crippen LogP contribution in [0.2, 0.25) is 0 Å². The van der Waals surface area contributed by atoms with E-state index in [-0.39, 0.29) is 18.1 Å². The monoisotopic (exact) mass is 214 g/mol. The molecule has 0 saturated heterocycles. The first kappa shape index (κ1) is 12.5. The number of aliphatic hydroxyl groups is 1. The molecule has 0 aliphatic heterocycles. The van der Waals surface area contributed by atoms with E-state index in [0.29, 0.717) is 12.5 Å². The highest BCUT2D eigenvalue weighted by Gasteiger charge is 2.29. The fourth-order valence-corrected chi connectivity index (χ4v) is 1.94. The molecule has 1 fully saturated rings. The molecule has 4 nitrogen and oxygen atoms in total. The van der Waals surface area contributed by atoms with E-state index >= 15 is 0 Å². The van der Waals surface area contributed by atoms with E-state index in [9.17, 15) is 4.79 Å². The Hall–Kier alpha value is -0.610. The van der Waals surface area contributed by atoms with Gasteiger partial charge in [-0.3, -0.25) is 9.69 Å². The van der Waals surface area contributed by atoms with Crippen molar-refractivity contribution in [1.82, 2.24) is 10.2 Å². The molecule has 4 heteroatoms. The SMILES string of the molecule is CCNC(=O)C(C)N(C)CC1CC(O)C1. The smallest absolute Gasteiger partial charge is 0.237 e. The van der Waals surface area contributed by atoms with Gasteiger partial charge in [0.15, 0.2) is 0 Å². The molecule has 1 rings (SSSR count). The highest BCUT2D eigenvalue weighted by molar-refractivity contribution is 5.81. The number of likely N-dealkylation sites (N-methyl/N-ethyl adjacent to an activating group) is 2. The molecule has 1 aliphatic rings. The van der Waals surface area contributed by atoms with Crippen molar-refractivity contribution in [2.75, 3.05) is 20.1 Å². The van der Waals surface area contributed by atoms with Crippen LogP contribution in [0.3, 0.4) is 0 Å². The van der Waals surface area contributed by atoms with Gasteiger partial charge in [0.25, 0.3) is 0 Å². The summed E-state index contributed by atoms with van der Waals surface area (Å²) in [5, 5.41) is 12.0. The average Bonchev–Trinajstić information content (AvgIpc) is 2.14. The molecule has 0 aromatic heterocycles. The predicted octanol–water partition coefficient (Wildman–Crippen LogP) is 0.214. The van der Waals surface area contributed by atoms with Crippen LogP contribution in [-0.2, 0) is 4.79 Å². The van der Waals surface area contributed by atoms with Gasteiger partial charge in [-0.25, -0.2) is 0 Å². The van der Waals surface area contributed by atoms with E-state index in [4.69, 9.17) is 5.11 Å². The molecule has 1 aliphatic carbocycles. The van der Waals surface area contributed by atoms with Gasteiger partial charge < -0.3 is 10.4 Å². The summed E-state index contributed by atoms with van der Waals surface area (Å²) in [6, 6.07) is -0.0808. The van der Waals surface area contributed by atoms with Crippen molar-refractivity contribution in [3.63, 3.8) is 0 Å². The first-order chi connectivity index (χ1) is 7.04. The zero-order chi connectivity index (χ0) is 11.4. The molecule has 1 saturated carbocycles. The Kier molecular flexibility index (Phi) is 4.54. The Labute approximate surface area is 91.6 Å². The summed E-state index contributed by atoms with van der Waals surface area (Å²) >= 11 is 0. The summed E-state index contributed by atoms with van der Waals surface area (Å²) in [7, 11) is 1.96. The van der Waals surface area contributed by atoms with Crippen molar-refractivity contribution >= 4 is 5.91 Å². The molecule has 1 unspecified atom stereocenters. The maximum atomic E-state index is 11.5. The van der Waals surface area contributed by atoms with Gasteiger partial charge in [-0.1, -0.05) is 0 Å². The molecule has 0 aromatic rings. The number of carbonyl (C=O) groups excluding carboxylic acids is 1. The van der Waals surface area contributed by atoms with Gasteiger partial charge in [0.1, 0.15) is 0 Å². The van der Waals surface area contributed by atoms with E-state index in [1.165, 1.54) is 0 Å². The Bertz CT molecular complexity index is 215. The first-order valence-corrected chi connectivity index (χ1v) is 5.70. The Morgan fingerprint density at radius 3 is 2.67 bits per heavy atom. The van der Waals surface area contributed by atoms with Crippen LogP contribution < -0.4 is 5.32 Å². The van der Waals surface area contributed by atoms with Gasteiger partial charge in [-0.05, 0) is 39.7 Å². The summed E-state index contributed by atoms with van der Waals surface area (Å²) in [5.41, 5.74) is 0. The third-order valence-electron chi connectivity index (χ3n) is 3.15. The number of nitrogens with one attached hydrogen (secondary N) is 1. The Balaban J connectivity index is 2.26. The van der Waals surface area contributed by atoms with Crippen LogP contribution >= 0.6 is 0 Å². The standard InChI is InChI=1S/C11H22N2O2/c1-4-12-11(15)8(2)13(3)7-9-5-10(14)6-9/h8-10,14H,4-7H2,1-3H3,(H,12,15). The fraction of sp³-hybridized carbons (Fsp3) is 0.909. The van der Waals surface area contributed by atoms with Crippen LogP contribution in [0.15, 0.2) is 0 Å².